The summed E-state index contributed by atoms with van der Waals surface area (Å²) in [5, 5.41) is 0. The van der Waals surface area contributed by atoms with Gasteiger partial charge in [0.05, 0.1) is 13.0 Å². The van der Waals surface area contributed by atoms with Gasteiger partial charge in [0.2, 0.25) is 11.8 Å². The molecule has 0 radical (unpaired) electrons. The van der Waals surface area contributed by atoms with E-state index in [9.17, 15) is 14.0 Å². The zero-order valence-corrected chi connectivity index (χ0v) is 11.2. The Morgan fingerprint density at radius 3 is 2.57 bits per heavy atom. The van der Waals surface area contributed by atoms with Crippen molar-refractivity contribution < 1.29 is 14.0 Å². The number of primary amides is 1. The average Bonchev–Trinajstić information content (AvgIpc) is 2.77. The maximum atomic E-state index is 12.9. The van der Waals surface area contributed by atoms with E-state index in [2.05, 4.69) is 0 Å². The van der Waals surface area contributed by atoms with Gasteiger partial charge in [-0.3, -0.25) is 9.59 Å². The van der Waals surface area contributed by atoms with Crippen LogP contribution in [-0.2, 0) is 17.8 Å². The highest BCUT2D eigenvalue weighted by Crippen LogP contribution is 2.31. The SMILES string of the molecule is NC(=O)c1ccc2c(c1)N(Cc1ccc(F)cc1)C(=O)C2. The second kappa shape index (κ2) is 5.01. The number of anilines is 1. The van der Waals surface area contributed by atoms with E-state index < -0.39 is 5.91 Å². The van der Waals surface area contributed by atoms with Gasteiger partial charge in [0.1, 0.15) is 5.82 Å². The summed E-state index contributed by atoms with van der Waals surface area (Å²) in [7, 11) is 0. The zero-order valence-electron chi connectivity index (χ0n) is 11.2. The molecule has 2 aromatic carbocycles. The summed E-state index contributed by atoms with van der Waals surface area (Å²) in [5.41, 5.74) is 8.03. The third kappa shape index (κ3) is 2.50. The third-order valence-corrected chi connectivity index (χ3v) is 3.56. The monoisotopic (exact) mass is 284 g/mol. The van der Waals surface area contributed by atoms with Gasteiger partial charge < -0.3 is 10.6 Å². The Morgan fingerprint density at radius 2 is 1.90 bits per heavy atom. The summed E-state index contributed by atoms with van der Waals surface area (Å²) in [4.78, 5) is 25.0. The topological polar surface area (TPSA) is 63.4 Å². The van der Waals surface area contributed by atoms with Crippen molar-refractivity contribution in [3.63, 3.8) is 0 Å². The van der Waals surface area contributed by atoms with Crippen molar-refractivity contribution in [2.24, 2.45) is 5.73 Å². The minimum absolute atomic E-state index is 0.0454. The van der Waals surface area contributed by atoms with Gasteiger partial charge in [0, 0.05) is 11.3 Å². The van der Waals surface area contributed by atoms with Crippen molar-refractivity contribution in [3.05, 3.63) is 65.0 Å². The lowest BCUT2D eigenvalue weighted by Gasteiger charge is -2.18. The maximum Gasteiger partial charge on any atom is 0.248 e. The van der Waals surface area contributed by atoms with E-state index in [1.807, 2.05) is 0 Å². The Kier molecular flexibility index (Phi) is 3.17. The van der Waals surface area contributed by atoms with Crippen LogP contribution in [0.5, 0.6) is 0 Å². The van der Waals surface area contributed by atoms with E-state index in [0.717, 1.165) is 11.1 Å². The molecule has 21 heavy (non-hydrogen) atoms. The summed E-state index contributed by atoms with van der Waals surface area (Å²) < 4.78 is 12.9. The second-order valence-electron chi connectivity index (χ2n) is 4.99. The molecule has 106 valence electrons. The normalized spacial score (nSPS) is 13.4. The van der Waals surface area contributed by atoms with Crippen molar-refractivity contribution in [1.29, 1.82) is 0 Å². The number of carbonyl (C=O) groups excluding carboxylic acids is 2. The predicted octanol–water partition coefficient (Wildman–Crippen LogP) is 2.01. The van der Waals surface area contributed by atoms with Gasteiger partial charge in [-0.15, -0.1) is 0 Å². The largest absolute Gasteiger partial charge is 0.366 e. The molecule has 2 N–H and O–H groups in total. The molecule has 0 aromatic heterocycles. The summed E-state index contributed by atoms with van der Waals surface area (Å²) in [6.07, 6.45) is 0.301. The molecule has 5 heteroatoms. The first-order valence-electron chi connectivity index (χ1n) is 6.52. The third-order valence-electron chi connectivity index (χ3n) is 3.56. The van der Waals surface area contributed by atoms with E-state index in [1.54, 1.807) is 35.2 Å². The zero-order chi connectivity index (χ0) is 15.0. The Bertz CT molecular complexity index is 726. The van der Waals surface area contributed by atoms with Gasteiger partial charge in [-0.2, -0.15) is 0 Å². The molecular weight excluding hydrogens is 271 g/mol. The van der Waals surface area contributed by atoms with Crippen LogP contribution in [0.2, 0.25) is 0 Å². The quantitative estimate of drug-likeness (QED) is 0.937. The van der Waals surface area contributed by atoms with Crippen LogP contribution in [0.3, 0.4) is 0 Å². The molecule has 1 aliphatic rings. The summed E-state index contributed by atoms with van der Waals surface area (Å²) in [5.74, 6) is -0.891. The number of rotatable bonds is 3. The number of hydrogen-bond acceptors (Lipinski definition) is 2. The first-order valence-corrected chi connectivity index (χ1v) is 6.52. The fourth-order valence-electron chi connectivity index (χ4n) is 2.46. The molecule has 0 saturated heterocycles. The molecule has 0 aliphatic carbocycles. The Labute approximate surface area is 121 Å². The number of nitrogens with two attached hydrogens (primary N) is 1. The van der Waals surface area contributed by atoms with Crippen LogP contribution >= 0.6 is 0 Å². The number of amides is 2. The van der Waals surface area contributed by atoms with Crippen LogP contribution in [0.25, 0.3) is 0 Å². The van der Waals surface area contributed by atoms with E-state index >= 15 is 0 Å². The predicted molar refractivity (Wildman–Crippen MR) is 76.3 cm³/mol. The molecule has 2 aromatic rings. The van der Waals surface area contributed by atoms with Gasteiger partial charge in [-0.1, -0.05) is 18.2 Å². The van der Waals surface area contributed by atoms with Crippen LogP contribution < -0.4 is 10.6 Å². The van der Waals surface area contributed by atoms with E-state index in [4.69, 9.17) is 5.73 Å². The lowest BCUT2D eigenvalue weighted by molar-refractivity contribution is -0.117. The van der Waals surface area contributed by atoms with Crippen molar-refractivity contribution in [2.45, 2.75) is 13.0 Å². The smallest absolute Gasteiger partial charge is 0.248 e. The molecule has 0 saturated carbocycles. The van der Waals surface area contributed by atoms with Gasteiger partial charge in [0.25, 0.3) is 0 Å². The van der Waals surface area contributed by atoms with Crippen molar-refractivity contribution in [2.75, 3.05) is 4.90 Å². The Hall–Kier alpha value is -2.69. The fraction of sp³-hybridized carbons (Fsp3) is 0.125. The number of carbonyl (C=O) groups is 2. The molecular formula is C16H13FN2O2. The van der Waals surface area contributed by atoms with Crippen molar-refractivity contribution in [3.8, 4) is 0 Å². The Balaban J connectivity index is 1.93. The van der Waals surface area contributed by atoms with Crippen LogP contribution in [-0.4, -0.2) is 11.8 Å². The lowest BCUT2D eigenvalue weighted by Crippen LogP contribution is -2.26. The van der Waals surface area contributed by atoms with Gasteiger partial charge in [0.15, 0.2) is 0 Å². The maximum absolute atomic E-state index is 12.9. The first-order chi connectivity index (χ1) is 10.0. The summed E-state index contributed by atoms with van der Waals surface area (Å²) in [6.45, 7) is 0.342. The van der Waals surface area contributed by atoms with E-state index in [0.29, 0.717) is 24.2 Å². The molecule has 0 spiro atoms. The van der Waals surface area contributed by atoms with Gasteiger partial charge >= 0.3 is 0 Å². The molecule has 1 heterocycles. The van der Waals surface area contributed by atoms with Crippen LogP contribution in [0.15, 0.2) is 42.5 Å². The summed E-state index contributed by atoms with van der Waals surface area (Å²) >= 11 is 0. The number of fused-ring (bicyclic) bond motifs is 1. The number of hydrogen-bond donors (Lipinski definition) is 1. The molecule has 0 unspecified atom stereocenters. The average molecular weight is 284 g/mol. The second-order valence-corrected chi connectivity index (χ2v) is 4.99. The fourth-order valence-corrected chi connectivity index (χ4v) is 2.46. The minimum Gasteiger partial charge on any atom is -0.366 e. The van der Waals surface area contributed by atoms with Gasteiger partial charge in [-0.25, -0.2) is 4.39 Å². The molecule has 1 aliphatic heterocycles. The van der Waals surface area contributed by atoms with Crippen LogP contribution in [0.1, 0.15) is 21.5 Å². The highest BCUT2D eigenvalue weighted by Gasteiger charge is 2.27. The number of halogens is 1. The van der Waals surface area contributed by atoms with E-state index in [1.165, 1.54) is 12.1 Å². The van der Waals surface area contributed by atoms with E-state index in [-0.39, 0.29) is 11.7 Å². The molecule has 0 fully saturated rings. The van der Waals surface area contributed by atoms with Crippen LogP contribution in [0, 0.1) is 5.82 Å². The number of benzene rings is 2. The van der Waals surface area contributed by atoms with Crippen molar-refractivity contribution in [1.82, 2.24) is 0 Å². The highest BCUT2D eigenvalue weighted by molar-refractivity contribution is 6.03. The Morgan fingerprint density at radius 1 is 1.19 bits per heavy atom. The highest BCUT2D eigenvalue weighted by atomic mass is 19.1. The summed E-state index contributed by atoms with van der Waals surface area (Å²) in [6, 6.07) is 11.0. The van der Waals surface area contributed by atoms with Crippen LogP contribution in [0.4, 0.5) is 10.1 Å². The molecule has 3 rings (SSSR count). The molecule has 2 amide bonds. The minimum atomic E-state index is -0.529. The van der Waals surface area contributed by atoms with Crippen molar-refractivity contribution >= 4 is 17.5 Å². The molecule has 4 nitrogen and oxygen atoms in total. The molecule has 0 bridgehead atoms. The van der Waals surface area contributed by atoms with Gasteiger partial charge in [-0.05, 0) is 35.4 Å². The lowest BCUT2D eigenvalue weighted by atomic mass is 10.1. The first kappa shape index (κ1) is 13.3. The number of nitrogens with zero attached hydrogens (tertiary/aromatic N) is 1. The standard InChI is InChI=1S/C16H13FN2O2/c17-13-5-1-10(2-6-13)9-19-14-7-12(16(18)21)4-3-11(14)8-15(19)20/h1-7H,8-9H2,(H2,18,21). The molecule has 0 atom stereocenters.